The molecule has 0 N–H and O–H groups in total. The molecular weight excluding hydrogens is 431 g/mol. The molecule has 1 aliphatic carbocycles. The van der Waals surface area contributed by atoms with Gasteiger partial charge in [-0.05, 0) is 56.5 Å². The van der Waals surface area contributed by atoms with Crippen molar-refractivity contribution in [3.8, 4) is 16.9 Å². The number of fused-ring (bicyclic) bond motifs is 1. The molecule has 0 saturated carbocycles. The van der Waals surface area contributed by atoms with Gasteiger partial charge in [0.2, 0.25) is 0 Å². The first-order valence-electron chi connectivity index (χ1n) is 9.49. The number of ether oxygens (including phenoxy) is 1. The molecular formula is C22H19Cl3N2O2. The number of aromatic nitrogens is 2. The summed E-state index contributed by atoms with van der Waals surface area (Å²) in [6, 6.07) is 12.9. The number of nitrogens with zero attached hydrogens (tertiary/aromatic N) is 2. The van der Waals surface area contributed by atoms with Crippen molar-refractivity contribution in [2.24, 2.45) is 0 Å². The van der Waals surface area contributed by atoms with Crippen molar-refractivity contribution in [3.63, 3.8) is 0 Å². The predicted octanol–water partition coefficient (Wildman–Crippen LogP) is 6.48. The zero-order chi connectivity index (χ0) is 20.5. The van der Waals surface area contributed by atoms with Gasteiger partial charge >= 0.3 is 5.97 Å². The summed E-state index contributed by atoms with van der Waals surface area (Å²) in [7, 11) is 0. The summed E-state index contributed by atoms with van der Waals surface area (Å²) >= 11 is 18.7. The first-order chi connectivity index (χ1) is 14.0. The van der Waals surface area contributed by atoms with E-state index in [4.69, 9.17) is 44.6 Å². The second-order valence-electron chi connectivity index (χ2n) is 6.92. The molecule has 1 aromatic heterocycles. The Bertz CT molecular complexity index is 1060. The monoisotopic (exact) mass is 448 g/mol. The van der Waals surface area contributed by atoms with E-state index >= 15 is 0 Å². The van der Waals surface area contributed by atoms with Gasteiger partial charge < -0.3 is 4.74 Å². The minimum absolute atomic E-state index is 0.233. The molecule has 1 aliphatic rings. The number of hydrogen-bond acceptors (Lipinski definition) is 3. The normalized spacial score (nSPS) is 15.8. The van der Waals surface area contributed by atoms with Crippen molar-refractivity contribution in [1.82, 2.24) is 9.78 Å². The molecule has 0 aliphatic heterocycles. The maximum absolute atomic E-state index is 12.6. The predicted molar refractivity (Wildman–Crippen MR) is 116 cm³/mol. The van der Waals surface area contributed by atoms with Crippen molar-refractivity contribution in [2.45, 2.75) is 32.1 Å². The van der Waals surface area contributed by atoms with Crippen molar-refractivity contribution < 1.29 is 9.53 Å². The van der Waals surface area contributed by atoms with E-state index in [0.29, 0.717) is 27.4 Å². The van der Waals surface area contributed by atoms with Gasteiger partial charge in [-0.15, -0.1) is 0 Å². The van der Waals surface area contributed by atoms with Crippen LogP contribution in [0.4, 0.5) is 0 Å². The number of esters is 1. The molecule has 4 rings (SSSR count). The highest BCUT2D eigenvalue weighted by Crippen LogP contribution is 2.40. The van der Waals surface area contributed by atoms with Crippen molar-refractivity contribution in [3.05, 3.63) is 68.8 Å². The molecule has 150 valence electrons. The number of rotatable bonds is 4. The summed E-state index contributed by atoms with van der Waals surface area (Å²) in [6.07, 6.45) is 2.43. The van der Waals surface area contributed by atoms with Crippen LogP contribution in [0.3, 0.4) is 0 Å². The molecule has 4 nitrogen and oxygen atoms in total. The Morgan fingerprint density at radius 2 is 1.86 bits per heavy atom. The van der Waals surface area contributed by atoms with Gasteiger partial charge in [0.15, 0.2) is 0 Å². The molecule has 0 radical (unpaired) electrons. The van der Waals surface area contributed by atoms with Crippen LogP contribution in [0.25, 0.3) is 16.9 Å². The van der Waals surface area contributed by atoms with E-state index in [0.717, 1.165) is 41.8 Å². The van der Waals surface area contributed by atoms with Gasteiger partial charge in [0, 0.05) is 21.2 Å². The van der Waals surface area contributed by atoms with Crippen LogP contribution in [0.5, 0.6) is 0 Å². The lowest BCUT2D eigenvalue weighted by molar-refractivity contribution is -0.145. The van der Waals surface area contributed by atoms with Crippen LogP contribution >= 0.6 is 34.8 Å². The third-order valence-corrected chi connectivity index (χ3v) is 5.88. The first-order valence-corrected chi connectivity index (χ1v) is 10.6. The Hall–Kier alpha value is -2.01. The van der Waals surface area contributed by atoms with Crippen LogP contribution in [-0.2, 0) is 16.0 Å². The Kier molecular flexibility index (Phi) is 5.86. The maximum Gasteiger partial charge on any atom is 0.315 e. The second-order valence-corrected chi connectivity index (χ2v) is 8.20. The molecule has 0 amide bonds. The van der Waals surface area contributed by atoms with E-state index in [-0.39, 0.29) is 11.9 Å². The molecule has 29 heavy (non-hydrogen) atoms. The summed E-state index contributed by atoms with van der Waals surface area (Å²) in [5.74, 6) is -0.611. The van der Waals surface area contributed by atoms with Gasteiger partial charge in [0.05, 0.1) is 28.7 Å². The van der Waals surface area contributed by atoms with Gasteiger partial charge in [-0.2, -0.15) is 5.10 Å². The van der Waals surface area contributed by atoms with E-state index in [1.54, 1.807) is 12.1 Å². The van der Waals surface area contributed by atoms with Crippen LogP contribution in [-0.4, -0.2) is 22.4 Å². The second kappa shape index (κ2) is 8.39. The van der Waals surface area contributed by atoms with E-state index < -0.39 is 0 Å². The fraction of sp³-hybridized carbons (Fsp3) is 0.273. The molecule has 7 heteroatoms. The van der Waals surface area contributed by atoms with Crippen LogP contribution in [0, 0.1) is 0 Å². The largest absolute Gasteiger partial charge is 0.465 e. The van der Waals surface area contributed by atoms with Crippen molar-refractivity contribution in [2.75, 3.05) is 6.61 Å². The topological polar surface area (TPSA) is 44.1 Å². The molecule has 2 aromatic carbocycles. The van der Waals surface area contributed by atoms with Crippen LogP contribution in [0.1, 0.15) is 36.9 Å². The Balaban J connectivity index is 1.94. The number of benzene rings is 2. The third kappa shape index (κ3) is 3.89. The van der Waals surface area contributed by atoms with Gasteiger partial charge in [-0.3, -0.25) is 4.79 Å². The zero-order valence-electron chi connectivity index (χ0n) is 15.8. The maximum atomic E-state index is 12.6. The highest BCUT2D eigenvalue weighted by atomic mass is 35.5. The summed E-state index contributed by atoms with van der Waals surface area (Å²) in [6.45, 7) is 2.16. The summed E-state index contributed by atoms with van der Waals surface area (Å²) in [5, 5.41) is 6.54. The SMILES string of the molecule is CCOC(=O)C1CCCc2c1nn(-c1ccc(Cl)cc1Cl)c2-c1ccc(Cl)cc1. The van der Waals surface area contributed by atoms with E-state index in [1.807, 2.05) is 41.9 Å². The molecule has 1 heterocycles. The van der Waals surface area contributed by atoms with Gasteiger partial charge in [-0.25, -0.2) is 4.68 Å². The van der Waals surface area contributed by atoms with Crippen molar-refractivity contribution >= 4 is 40.8 Å². The lowest BCUT2D eigenvalue weighted by atomic mass is 9.85. The number of carbonyl (C=O) groups is 1. The average Bonchev–Trinajstić information content (AvgIpc) is 3.08. The summed E-state index contributed by atoms with van der Waals surface area (Å²) < 4.78 is 7.11. The fourth-order valence-corrected chi connectivity index (χ4v) is 4.43. The van der Waals surface area contributed by atoms with Gasteiger partial charge in [-0.1, -0.05) is 46.9 Å². The van der Waals surface area contributed by atoms with E-state index in [2.05, 4.69) is 0 Å². The molecule has 0 fully saturated rings. The summed E-state index contributed by atoms with van der Waals surface area (Å²) in [5.41, 5.74) is 4.37. The molecule has 1 atom stereocenters. The fourth-order valence-electron chi connectivity index (χ4n) is 3.82. The van der Waals surface area contributed by atoms with Gasteiger partial charge in [0.1, 0.15) is 5.92 Å². The van der Waals surface area contributed by atoms with E-state index in [1.165, 1.54) is 0 Å². The van der Waals surface area contributed by atoms with Crippen molar-refractivity contribution in [1.29, 1.82) is 0 Å². The average molecular weight is 450 g/mol. The third-order valence-electron chi connectivity index (χ3n) is 5.09. The molecule has 0 spiro atoms. The minimum atomic E-state index is -0.378. The van der Waals surface area contributed by atoms with Crippen LogP contribution in [0.15, 0.2) is 42.5 Å². The lowest BCUT2D eigenvalue weighted by Gasteiger charge is -2.20. The smallest absolute Gasteiger partial charge is 0.315 e. The quantitative estimate of drug-likeness (QED) is 0.428. The number of hydrogen-bond donors (Lipinski definition) is 0. The lowest BCUT2D eigenvalue weighted by Crippen LogP contribution is -2.21. The zero-order valence-corrected chi connectivity index (χ0v) is 18.1. The molecule has 3 aromatic rings. The standard InChI is InChI=1S/C22H19Cl3N2O2/c1-2-29-22(28)17-5-3-4-16-20(17)26-27(19-11-10-15(24)12-18(19)25)21(16)13-6-8-14(23)9-7-13/h6-12,17H,2-5H2,1H3. The Morgan fingerprint density at radius 1 is 1.14 bits per heavy atom. The van der Waals surface area contributed by atoms with Crippen LogP contribution < -0.4 is 0 Å². The number of carbonyl (C=O) groups excluding carboxylic acids is 1. The number of halogens is 3. The Labute approximate surface area is 184 Å². The first kappa shape index (κ1) is 20.3. The minimum Gasteiger partial charge on any atom is -0.465 e. The van der Waals surface area contributed by atoms with Gasteiger partial charge in [0.25, 0.3) is 0 Å². The highest BCUT2D eigenvalue weighted by molar-refractivity contribution is 6.35. The summed E-state index contributed by atoms with van der Waals surface area (Å²) in [4.78, 5) is 12.6. The highest BCUT2D eigenvalue weighted by Gasteiger charge is 2.34. The van der Waals surface area contributed by atoms with Crippen LogP contribution in [0.2, 0.25) is 15.1 Å². The molecule has 1 unspecified atom stereocenters. The molecule has 0 saturated heterocycles. The van der Waals surface area contributed by atoms with E-state index in [9.17, 15) is 4.79 Å². The molecule has 0 bridgehead atoms. The Morgan fingerprint density at radius 3 is 2.55 bits per heavy atom.